The number of likely N-dealkylation sites (N-methyl/N-ethyl adjacent to an activating group) is 1. The van der Waals surface area contributed by atoms with Crippen molar-refractivity contribution in [1.29, 1.82) is 0 Å². The van der Waals surface area contributed by atoms with Gasteiger partial charge in [0.1, 0.15) is 11.3 Å². The molecule has 0 aliphatic heterocycles. The molecule has 150 valence electrons. The van der Waals surface area contributed by atoms with E-state index in [0.29, 0.717) is 17.3 Å². The fourth-order valence-corrected chi connectivity index (χ4v) is 3.22. The first-order chi connectivity index (χ1) is 14.0. The van der Waals surface area contributed by atoms with Gasteiger partial charge in [0.05, 0.1) is 12.6 Å². The van der Waals surface area contributed by atoms with E-state index < -0.39 is 0 Å². The van der Waals surface area contributed by atoms with Gasteiger partial charge in [0.15, 0.2) is 0 Å². The Morgan fingerprint density at radius 1 is 1.14 bits per heavy atom. The fraction of sp³-hybridized carbons (Fsp3) is 0.304. The van der Waals surface area contributed by atoms with Crippen LogP contribution in [-0.4, -0.2) is 36.3 Å². The van der Waals surface area contributed by atoms with Crippen LogP contribution < -0.4 is 10.6 Å². The zero-order chi connectivity index (χ0) is 20.4. The molecule has 1 atom stereocenters. The molecule has 1 heterocycles. The van der Waals surface area contributed by atoms with Crippen LogP contribution in [0.4, 0.5) is 5.69 Å². The van der Waals surface area contributed by atoms with Gasteiger partial charge in [0.2, 0.25) is 5.91 Å². The first-order valence-electron chi connectivity index (χ1n) is 9.89. The van der Waals surface area contributed by atoms with E-state index in [2.05, 4.69) is 10.6 Å². The van der Waals surface area contributed by atoms with Crippen LogP contribution >= 0.6 is 0 Å². The lowest BCUT2D eigenvalue weighted by molar-refractivity contribution is -0.117. The Balaban J connectivity index is 1.36. The number of nitrogens with one attached hydrogen (secondary N) is 2. The van der Waals surface area contributed by atoms with E-state index in [4.69, 9.17) is 4.42 Å². The molecule has 0 spiro atoms. The molecular weight excluding hydrogens is 366 g/mol. The van der Waals surface area contributed by atoms with Crippen molar-refractivity contribution in [2.45, 2.75) is 31.8 Å². The molecule has 6 nitrogen and oxygen atoms in total. The molecule has 1 unspecified atom stereocenters. The minimum Gasteiger partial charge on any atom is -0.459 e. The van der Waals surface area contributed by atoms with Crippen LogP contribution in [0.15, 0.2) is 59.0 Å². The smallest absolute Gasteiger partial charge is 0.251 e. The van der Waals surface area contributed by atoms with Crippen molar-refractivity contribution >= 4 is 28.5 Å². The number of benzene rings is 2. The summed E-state index contributed by atoms with van der Waals surface area (Å²) < 4.78 is 5.91. The molecule has 0 bridgehead atoms. The van der Waals surface area contributed by atoms with Gasteiger partial charge in [0.25, 0.3) is 5.91 Å². The molecule has 4 rings (SSSR count). The summed E-state index contributed by atoms with van der Waals surface area (Å²) in [6.07, 6.45) is 2.08. The van der Waals surface area contributed by atoms with Crippen LogP contribution in [0.5, 0.6) is 0 Å². The van der Waals surface area contributed by atoms with E-state index in [1.165, 1.54) is 0 Å². The van der Waals surface area contributed by atoms with E-state index in [1.54, 1.807) is 24.3 Å². The molecular formula is C23H25N3O3. The van der Waals surface area contributed by atoms with Crippen molar-refractivity contribution < 1.29 is 14.0 Å². The Kier molecular flexibility index (Phi) is 5.36. The molecule has 0 saturated heterocycles. The fourth-order valence-electron chi connectivity index (χ4n) is 3.22. The van der Waals surface area contributed by atoms with E-state index in [1.807, 2.05) is 49.2 Å². The monoisotopic (exact) mass is 391 g/mol. The van der Waals surface area contributed by atoms with Gasteiger partial charge in [-0.25, -0.2) is 0 Å². The highest BCUT2D eigenvalue weighted by Gasteiger charge is 2.24. The van der Waals surface area contributed by atoms with Crippen molar-refractivity contribution in [1.82, 2.24) is 10.2 Å². The number of hydrogen-bond acceptors (Lipinski definition) is 4. The van der Waals surface area contributed by atoms with Crippen molar-refractivity contribution in [3.8, 4) is 0 Å². The molecule has 3 aromatic rings. The van der Waals surface area contributed by atoms with Crippen LogP contribution in [0.2, 0.25) is 0 Å². The van der Waals surface area contributed by atoms with E-state index in [-0.39, 0.29) is 24.4 Å². The number of carbonyl (C=O) groups is 2. The van der Waals surface area contributed by atoms with Gasteiger partial charge >= 0.3 is 0 Å². The molecule has 2 amide bonds. The Labute approximate surface area is 169 Å². The molecule has 6 heteroatoms. The number of rotatable bonds is 7. The molecule has 2 N–H and O–H groups in total. The van der Waals surface area contributed by atoms with Gasteiger partial charge in [0, 0.05) is 22.7 Å². The van der Waals surface area contributed by atoms with Gasteiger partial charge in [-0.15, -0.1) is 0 Å². The van der Waals surface area contributed by atoms with Crippen molar-refractivity contribution in [3.63, 3.8) is 0 Å². The van der Waals surface area contributed by atoms with Crippen LogP contribution in [0, 0.1) is 0 Å². The van der Waals surface area contributed by atoms with E-state index >= 15 is 0 Å². The predicted molar refractivity (Wildman–Crippen MR) is 113 cm³/mol. The van der Waals surface area contributed by atoms with Crippen molar-refractivity contribution in [2.75, 3.05) is 18.9 Å². The maximum Gasteiger partial charge on any atom is 0.251 e. The Morgan fingerprint density at radius 3 is 2.69 bits per heavy atom. The summed E-state index contributed by atoms with van der Waals surface area (Å²) in [5.74, 6) is 0.578. The summed E-state index contributed by atoms with van der Waals surface area (Å²) in [4.78, 5) is 26.6. The normalized spacial score (nSPS) is 14.7. The average Bonchev–Trinajstić information content (AvgIpc) is 3.41. The van der Waals surface area contributed by atoms with E-state index in [9.17, 15) is 9.59 Å². The SMILES string of the molecule is CC(c1cc2ccccc2o1)N(C)CC(=O)Nc1cccc(C(=O)NC2CC2)c1. The highest BCUT2D eigenvalue weighted by molar-refractivity contribution is 5.97. The summed E-state index contributed by atoms with van der Waals surface area (Å²) in [6.45, 7) is 2.21. The summed E-state index contributed by atoms with van der Waals surface area (Å²) >= 11 is 0. The molecule has 2 aromatic carbocycles. The molecule has 1 saturated carbocycles. The van der Waals surface area contributed by atoms with E-state index in [0.717, 1.165) is 29.6 Å². The Bertz CT molecular complexity index is 1010. The molecule has 1 aliphatic rings. The lowest BCUT2D eigenvalue weighted by atomic mass is 10.2. The first kappa shape index (κ1) is 19.2. The summed E-state index contributed by atoms with van der Waals surface area (Å²) in [5, 5.41) is 6.88. The lowest BCUT2D eigenvalue weighted by Crippen LogP contribution is -2.32. The zero-order valence-corrected chi connectivity index (χ0v) is 16.6. The van der Waals surface area contributed by atoms with Gasteiger partial charge in [-0.2, -0.15) is 0 Å². The third-order valence-corrected chi connectivity index (χ3v) is 5.23. The average molecular weight is 391 g/mol. The minimum absolute atomic E-state index is 0.0520. The molecule has 1 fully saturated rings. The molecule has 1 aliphatic carbocycles. The topological polar surface area (TPSA) is 74.6 Å². The number of furan rings is 1. The Hall–Kier alpha value is -3.12. The Morgan fingerprint density at radius 2 is 1.93 bits per heavy atom. The molecule has 1 aromatic heterocycles. The lowest BCUT2D eigenvalue weighted by Gasteiger charge is -2.22. The van der Waals surface area contributed by atoms with Crippen LogP contribution in [0.25, 0.3) is 11.0 Å². The number of para-hydroxylation sites is 1. The number of hydrogen-bond donors (Lipinski definition) is 2. The van der Waals surface area contributed by atoms with Crippen LogP contribution in [-0.2, 0) is 4.79 Å². The summed E-state index contributed by atoms with van der Waals surface area (Å²) in [6, 6.07) is 17.1. The van der Waals surface area contributed by atoms with Crippen molar-refractivity contribution in [3.05, 3.63) is 65.9 Å². The molecule has 29 heavy (non-hydrogen) atoms. The second-order valence-electron chi connectivity index (χ2n) is 7.65. The second kappa shape index (κ2) is 8.09. The highest BCUT2D eigenvalue weighted by Crippen LogP contribution is 2.26. The zero-order valence-electron chi connectivity index (χ0n) is 16.6. The van der Waals surface area contributed by atoms with Gasteiger partial charge in [-0.3, -0.25) is 14.5 Å². The first-order valence-corrected chi connectivity index (χ1v) is 9.89. The largest absolute Gasteiger partial charge is 0.459 e. The van der Waals surface area contributed by atoms with Gasteiger partial charge in [-0.05, 0) is 57.1 Å². The van der Waals surface area contributed by atoms with Crippen LogP contribution in [0.1, 0.15) is 41.9 Å². The predicted octanol–water partition coefficient (Wildman–Crippen LogP) is 3.96. The number of fused-ring (bicyclic) bond motifs is 1. The maximum absolute atomic E-state index is 12.5. The number of anilines is 1. The third-order valence-electron chi connectivity index (χ3n) is 5.23. The summed E-state index contributed by atoms with van der Waals surface area (Å²) in [7, 11) is 1.89. The number of nitrogens with zero attached hydrogens (tertiary/aromatic N) is 1. The second-order valence-corrected chi connectivity index (χ2v) is 7.65. The quantitative estimate of drug-likeness (QED) is 0.639. The highest BCUT2D eigenvalue weighted by atomic mass is 16.3. The van der Waals surface area contributed by atoms with Crippen LogP contribution in [0.3, 0.4) is 0 Å². The minimum atomic E-state index is -0.143. The number of carbonyl (C=O) groups excluding carboxylic acids is 2. The van der Waals surface area contributed by atoms with Crippen molar-refractivity contribution in [2.24, 2.45) is 0 Å². The number of amides is 2. The summed E-state index contributed by atoms with van der Waals surface area (Å²) in [5.41, 5.74) is 2.01. The maximum atomic E-state index is 12.5. The molecule has 0 radical (unpaired) electrons. The third kappa shape index (κ3) is 4.66. The van der Waals surface area contributed by atoms with Gasteiger partial charge < -0.3 is 15.1 Å². The standard InChI is InChI=1S/C23H25N3O3/c1-15(21-13-16-6-3-4-9-20(16)29-21)26(2)14-22(27)24-19-8-5-7-17(12-19)23(28)25-18-10-11-18/h3-9,12-13,15,18H,10-11,14H2,1-2H3,(H,24,27)(H,25,28). The van der Waals surface area contributed by atoms with Gasteiger partial charge in [-0.1, -0.05) is 24.3 Å².